The van der Waals surface area contributed by atoms with Crippen LogP contribution in [0.3, 0.4) is 0 Å². The molecule has 0 heterocycles. The number of thioether (sulfide) groups is 1. The maximum Gasteiger partial charge on any atom is 0.123 e. The molecule has 1 aromatic carbocycles. The van der Waals surface area contributed by atoms with Gasteiger partial charge in [0.2, 0.25) is 0 Å². The molecule has 0 aliphatic carbocycles. The van der Waals surface area contributed by atoms with E-state index in [9.17, 15) is 4.39 Å². The summed E-state index contributed by atoms with van der Waals surface area (Å²) in [5.74, 6) is 2.21. The lowest BCUT2D eigenvalue weighted by Gasteiger charge is -2.14. The molecule has 3 heteroatoms. The molecule has 0 saturated heterocycles. The molecule has 0 aliphatic rings. The second kappa shape index (κ2) is 7.69. The lowest BCUT2D eigenvalue weighted by atomic mass is 10.1. The van der Waals surface area contributed by atoms with E-state index in [0.717, 1.165) is 18.5 Å². The zero-order valence-corrected chi connectivity index (χ0v) is 10.8. The Hall–Kier alpha value is -0.540. The predicted octanol–water partition coefficient (Wildman–Crippen LogP) is 3.62. The molecule has 1 atom stereocenters. The number of rotatable bonds is 7. The highest BCUT2D eigenvalue weighted by Crippen LogP contribution is 2.13. The summed E-state index contributed by atoms with van der Waals surface area (Å²) in [7, 11) is 0. The number of hydrogen-bond donors (Lipinski definition) is 1. The first-order valence-electron chi connectivity index (χ1n) is 5.80. The molecular formula is C13H20FNS. The van der Waals surface area contributed by atoms with Crippen molar-refractivity contribution in [3.63, 3.8) is 0 Å². The van der Waals surface area contributed by atoms with Crippen LogP contribution in [0.15, 0.2) is 24.3 Å². The summed E-state index contributed by atoms with van der Waals surface area (Å²) in [6, 6.07) is 7.02. The maximum atomic E-state index is 13.0. The molecule has 0 amide bonds. The van der Waals surface area contributed by atoms with Gasteiger partial charge in [0.05, 0.1) is 0 Å². The molecule has 0 unspecified atom stereocenters. The molecule has 16 heavy (non-hydrogen) atoms. The predicted molar refractivity (Wildman–Crippen MR) is 70.4 cm³/mol. The summed E-state index contributed by atoms with van der Waals surface area (Å²) < 4.78 is 13.0. The van der Waals surface area contributed by atoms with Gasteiger partial charge in [-0.1, -0.05) is 19.1 Å². The Morgan fingerprint density at radius 3 is 2.94 bits per heavy atom. The average molecular weight is 241 g/mol. The Morgan fingerprint density at radius 2 is 2.25 bits per heavy atom. The normalized spacial score (nSPS) is 12.7. The van der Waals surface area contributed by atoms with Crippen LogP contribution in [0.25, 0.3) is 0 Å². The fraction of sp³-hybridized carbons (Fsp3) is 0.538. The van der Waals surface area contributed by atoms with E-state index in [-0.39, 0.29) is 11.9 Å². The third-order valence-electron chi connectivity index (χ3n) is 2.47. The monoisotopic (exact) mass is 241 g/mol. The average Bonchev–Trinajstić information content (AvgIpc) is 2.28. The quantitative estimate of drug-likeness (QED) is 0.732. The molecule has 1 nitrogen and oxygen atoms in total. The molecule has 1 aromatic rings. The van der Waals surface area contributed by atoms with Gasteiger partial charge in [-0.3, -0.25) is 0 Å². The Morgan fingerprint density at radius 1 is 1.44 bits per heavy atom. The van der Waals surface area contributed by atoms with Gasteiger partial charge < -0.3 is 5.32 Å². The van der Waals surface area contributed by atoms with Crippen molar-refractivity contribution in [1.82, 2.24) is 5.32 Å². The van der Waals surface area contributed by atoms with E-state index in [4.69, 9.17) is 0 Å². The molecule has 0 bridgehead atoms. The number of nitrogens with one attached hydrogen (secondary N) is 1. The third-order valence-corrected chi connectivity index (χ3v) is 3.45. The van der Waals surface area contributed by atoms with Gasteiger partial charge in [-0.2, -0.15) is 11.8 Å². The van der Waals surface area contributed by atoms with Gasteiger partial charge in [0.25, 0.3) is 0 Å². The largest absolute Gasteiger partial charge is 0.310 e. The Labute approximate surface area is 102 Å². The van der Waals surface area contributed by atoms with Crippen molar-refractivity contribution >= 4 is 11.8 Å². The topological polar surface area (TPSA) is 12.0 Å². The smallest absolute Gasteiger partial charge is 0.123 e. The van der Waals surface area contributed by atoms with Gasteiger partial charge in [-0.25, -0.2) is 4.39 Å². The number of benzene rings is 1. The van der Waals surface area contributed by atoms with Crippen LogP contribution in [-0.2, 0) is 0 Å². The zero-order valence-electron chi connectivity index (χ0n) is 10.0. The highest BCUT2D eigenvalue weighted by Gasteiger charge is 2.04. The highest BCUT2D eigenvalue weighted by atomic mass is 32.2. The van der Waals surface area contributed by atoms with E-state index in [1.807, 2.05) is 17.8 Å². The van der Waals surface area contributed by atoms with Gasteiger partial charge in [-0.15, -0.1) is 0 Å². The Balaban J connectivity index is 2.27. The lowest BCUT2D eigenvalue weighted by molar-refractivity contribution is 0.563. The molecule has 0 fully saturated rings. The van der Waals surface area contributed by atoms with E-state index < -0.39 is 0 Å². The van der Waals surface area contributed by atoms with Crippen LogP contribution >= 0.6 is 11.8 Å². The summed E-state index contributed by atoms with van der Waals surface area (Å²) in [5, 5.41) is 3.41. The van der Waals surface area contributed by atoms with E-state index in [1.54, 1.807) is 12.1 Å². The maximum absolute atomic E-state index is 13.0. The summed E-state index contributed by atoms with van der Waals surface area (Å²) in [6.45, 7) is 5.24. The van der Waals surface area contributed by atoms with Crippen molar-refractivity contribution in [3.05, 3.63) is 35.6 Å². The molecule has 0 radical (unpaired) electrons. The highest BCUT2D eigenvalue weighted by molar-refractivity contribution is 7.99. The van der Waals surface area contributed by atoms with Crippen molar-refractivity contribution < 1.29 is 4.39 Å². The van der Waals surface area contributed by atoms with Crippen LogP contribution in [0.4, 0.5) is 4.39 Å². The minimum Gasteiger partial charge on any atom is -0.310 e. The molecule has 0 spiro atoms. The van der Waals surface area contributed by atoms with Gasteiger partial charge >= 0.3 is 0 Å². The fourth-order valence-electron chi connectivity index (χ4n) is 1.53. The molecule has 1 N–H and O–H groups in total. The molecular weight excluding hydrogens is 221 g/mol. The molecule has 0 aromatic heterocycles. The summed E-state index contributed by atoms with van der Waals surface area (Å²) in [4.78, 5) is 0. The van der Waals surface area contributed by atoms with E-state index in [2.05, 4.69) is 19.2 Å². The van der Waals surface area contributed by atoms with Crippen molar-refractivity contribution in [2.45, 2.75) is 26.3 Å². The first kappa shape index (κ1) is 13.5. The van der Waals surface area contributed by atoms with Crippen LogP contribution in [-0.4, -0.2) is 18.1 Å². The molecule has 1 rings (SSSR count). The number of halogens is 1. The van der Waals surface area contributed by atoms with Crippen LogP contribution in [0.5, 0.6) is 0 Å². The zero-order chi connectivity index (χ0) is 11.8. The van der Waals surface area contributed by atoms with Crippen molar-refractivity contribution in [2.24, 2.45) is 0 Å². The van der Waals surface area contributed by atoms with E-state index in [1.165, 1.54) is 17.6 Å². The Kier molecular flexibility index (Phi) is 6.50. The standard InChI is InChI=1S/C13H20FNS/c1-3-16-9-5-8-15-11(2)12-6-4-7-13(14)10-12/h4,6-7,10-11,15H,3,5,8-9H2,1-2H3/t11-/m1/s1. The second-order valence-electron chi connectivity index (χ2n) is 3.78. The third kappa shape index (κ3) is 4.99. The first-order chi connectivity index (χ1) is 7.74. The fourth-order valence-corrected chi connectivity index (χ4v) is 2.17. The first-order valence-corrected chi connectivity index (χ1v) is 6.96. The molecule has 90 valence electrons. The van der Waals surface area contributed by atoms with Gasteiger partial charge in [0.15, 0.2) is 0 Å². The van der Waals surface area contributed by atoms with Crippen LogP contribution in [0, 0.1) is 5.82 Å². The summed E-state index contributed by atoms with van der Waals surface area (Å²) in [6.07, 6.45) is 1.16. The minimum absolute atomic E-state index is 0.160. The van der Waals surface area contributed by atoms with Gasteiger partial charge in [0.1, 0.15) is 5.82 Å². The lowest BCUT2D eigenvalue weighted by Crippen LogP contribution is -2.20. The van der Waals surface area contributed by atoms with Crippen LogP contribution < -0.4 is 5.32 Å². The van der Waals surface area contributed by atoms with Gasteiger partial charge in [0, 0.05) is 6.04 Å². The van der Waals surface area contributed by atoms with E-state index in [0.29, 0.717) is 0 Å². The van der Waals surface area contributed by atoms with E-state index >= 15 is 0 Å². The number of hydrogen-bond acceptors (Lipinski definition) is 2. The molecule has 0 aliphatic heterocycles. The summed E-state index contributed by atoms with van der Waals surface area (Å²) in [5.41, 5.74) is 1.02. The van der Waals surface area contributed by atoms with Crippen LogP contribution in [0.2, 0.25) is 0 Å². The van der Waals surface area contributed by atoms with Crippen LogP contribution in [0.1, 0.15) is 31.9 Å². The Bertz CT molecular complexity index is 304. The molecule has 0 saturated carbocycles. The SMILES string of the molecule is CCSCCCN[C@H](C)c1cccc(F)c1. The van der Waals surface area contributed by atoms with Crippen molar-refractivity contribution in [1.29, 1.82) is 0 Å². The summed E-state index contributed by atoms with van der Waals surface area (Å²) >= 11 is 1.96. The minimum atomic E-state index is -0.160. The van der Waals surface area contributed by atoms with Gasteiger partial charge in [-0.05, 0) is 49.1 Å². The van der Waals surface area contributed by atoms with Crippen molar-refractivity contribution in [2.75, 3.05) is 18.1 Å². The second-order valence-corrected chi connectivity index (χ2v) is 5.18. The van der Waals surface area contributed by atoms with Crippen molar-refractivity contribution in [3.8, 4) is 0 Å².